The summed E-state index contributed by atoms with van der Waals surface area (Å²) in [6.45, 7) is 6.62. The van der Waals surface area contributed by atoms with Gasteiger partial charge in [0.05, 0.1) is 0 Å². The SMILES string of the molecule is CCCC(NN)C(C)CC. The summed E-state index contributed by atoms with van der Waals surface area (Å²) in [5.74, 6) is 6.08. The van der Waals surface area contributed by atoms with Gasteiger partial charge in [-0.25, -0.2) is 0 Å². The third kappa shape index (κ3) is 3.18. The molecule has 0 saturated carbocycles. The summed E-state index contributed by atoms with van der Waals surface area (Å²) in [6, 6.07) is 0.509. The zero-order valence-corrected chi connectivity index (χ0v) is 7.35. The Kier molecular flexibility index (Phi) is 5.64. The third-order valence-electron chi connectivity index (χ3n) is 2.14. The van der Waals surface area contributed by atoms with Gasteiger partial charge in [0.2, 0.25) is 0 Å². The topological polar surface area (TPSA) is 38.0 Å². The second-order valence-corrected chi connectivity index (χ2v) is 2.95. The molecular weight excluding hydrogens is 124 g/mol. The van der Waals surface area contributed by atoms with Gasteiger partial charge in [0, 0.05) is 6.04 Å². The molecule has 2 nitrogen and oxygen atoms in total. The van der Waals surface area contributed by atoms with Gasteiger partial charge in [-0.15, -0.1) is 0 Å². The van der Waals surface area contributed by atoms with Gasteiger partial charge in [0.1, 0.15) is 0 Å². The van der Waals surface area contributed by atoms with Gasteiger partial charge in [-0.2, -0.15) is 0 Å². The summed E-state index contributed by atoms with van der Waals surface area (Å²) in [5.41, 5.74) is 2.85. The first-order valence-electron chi connectivity index (χ1n) is 4.22. The molecule has 0 bridgehead atoms. The second-order valence-electron chi connectivity index (χ2n) is 2.95. The van der Waals surface area contributed by atoms with Crippen LogP contribution in [0.1, 0.15) is 40.0 Å². The molecule has 0 aromatic rings. The smallest absolute Gasteiger partial charge is 0.0235 e. The summed E-state index contributed by atoms with van der Waals surface area (Å²) in [4.78, 5) is 0. The van der Waals surface area contributed by atoms with E-state index < -0.39 is 0 Å². The highest BCUT2D eigenvalue weighted by atomic mass is 15.2. The Labute approximate surface area is 64.2 Å². The Bertz CT molecular complexity index is 73.7. The first kappa shape index (κ1) is 9.92. The first-order chi connectivity index (χ1) is 4.76. The van der Waals surface area contributed by atoms with Gasteiger partial charge in [0.15, 0.2) is 0 Å². The molecular formula is C8H20N2. The van der Waals surface area contributed by atoms with E-state index in [-0.39, 0.29) is 0 Å². The van der Waals surface area contributed by atoms with Crippen molar-refractivity contribution in [2.75, 3.05) is 0 Å². The van der Waals surface area contributed by atoms with E-state index in [1.807, 2.05) is 0 Å². The van der Waals surface area contributed by atoms with Gasteiger partial charge in [-0.1, -0.05) is 33.6 Å². The van der Waals surface area contributed by atoms with E-state index >= 15 is 0 Å². The minimum absolute atomic E-state index is 0.509. The van der Waals surface area contributed by atoms with Crippen LogP contribution in [0.15, 0.2) is 0 Å². The van der Waals surface area contributed by atoms with Crippen molar-refractivity contribution < 1.29 is 0 Å². The Balaban J connectivity index is 3.56. The van der Waals surface area contributed by atoms with E-state index in [4.69, 9.17) is 5.84 Å². The standard InChI is InChI=1S/C8H20N2/c1-4-6-8(10-9)7(3)5-2/h7-8,10H,4-6,9H2,1-3H3. The van der Waals surface area contributed by atoms with Crippen LogP contribution in [0.3, 0.4) is 0 Å². The average Bonchev–Trinajstić information content (AvgIpc) is 1.99. The molecule has 0 amide bonds. The van der Waals surface area contributed by atoms with Crippen molar-refractivity contribution in [3.05, 3.63) is 0 Å². The summed E-state index contributed by atoms with van der Waals surface area (Å²) in [5, 5.41) is 0. The highest BCUT2D eigenvalue weighted by Gasteiger charge is 2.11. The summed E-state index contributed by atoms with van der Waals surface area (Å²) >= 11 is 0. The summed E-state index contributed by atoms with van der Waals surface area (Å²) in [7, 11) is 0. The molecule has 62 valence electrons. The molecule has 0 radical (unpaired) electrons. The molecule has 0 spiro atoms. The Hall–Kier alpha value is -0.0800. The van der Waals surface area contributed by atoms with Crippen LogP contribution in [0.5, 0.6) is 0 Å². The molecule has 0 saturated heterocycles. The van der Waals surface area contributed by atoms with Crippen molar-refractivity contribution >= 4 is 0 Å². The van der Waals surface area contributed by atoms with Crippen LogP contribution in [0.2, 0.25) is 0 Å². The summed E-state index contributed by atoms with van der Waals surface area (Å²) in [6.07, 6.45) is 3.60. The molecule has 0 aliphatic rings. The predicted octanol–water partition coefficient (Wildman–Crippen LogP) is 1.66. The number of hydrazine groups is 1. The predicted molar refractivity (Wildman–Crippen MR) is 45.5 cm³/mol. The van der Waals surface area contributed by atoms with E-state index in [1.165, 1.54) is 19.3 Å². The quantitative estimate of drug-likeness (QED) is 0.455. The number of nitrogens with two attached hydrogens (primary N) is 1. The minimum Gasteiger partial charge on any atom is -0.271 e. The number of nitrogens with one attached hydrogen (secondary N) is 1. The molecule has 2 atom stereocenters. The van der Waals surface area contributed by atoms with Crippen LogP contribution in [0.4, 0.5) is 0 Å². The van der Waals surface area contributed by atoms with Crippen molar-refractivity contribution in [1.29, 1.82) is 0 Å². The fourth-order valence-corrected chi connectivity index (χ4v) is 1.13. The zero-order valence-electron chi connectivity index (χ0n) is 7.35. The molecule has 0 heterocycles. The normalized spacial score (nSPS) is 16.8. The molecule has 0 aromatic carbocycles. The van der Waals surface area contributed by atoms with E-state index in [2.05, 4.69) is 26.2 Å². The lowest BCUT2D eigenvalue weighted by atomic mass is 9.96. The molecule has 3 N–H and O–H groups in total. The van der Waals surface area contributed by atoms with Gasteiger partial charge in [0.25, 0.3) is 0 Å². The van der Waals surface area contributed by atoms with Crippen LogP contribution < -0.4 is 11.3 Å². The van der Waals surface area contributed by atoms with Crippen LogP contribution in [-0.2, 0) is 0 Å². The zero-order chi connectivity index (χ0) is 7.98. The van der Waals surface area contributed by atoms with Crippen molar-refractivity contribution in [3.8, 4) is 0 Å². The lowest BCUT2D eigenvalue weighted by Gasteiger charge is -2.20. The molecule has 0 aliphatic heterocycles. The van der Waals surface area contributed by atoms with Gasteiger partial charge >= 0.3 is 0 Å². The van der Waals surface area contributed by atoms with E-state index in [0.717, 1.165) is 0 Å². The molecule has 0 aromatic heterocycles. The highest BCUT2D eigenvalue weighted by Crippen LogP contribution is 2.11. The van der Waals surface area contributed by atoms with Crippen LogP contribution in [0, 0.1) is 5.92 Å². The highest BCUT2D eigenvalue weighted by molar-refractivity contribution is 4.68. The number of hydrogen-bond acceptors (Lipinski definition) is 2. The maximum atomic E-state index is 5.39. The molecule has 2 unspecified atom stereocenters. The van der Waals surface area contributed by atoms with Crippen molar-refractivity contribution in [3.63, 3.8) is 0 Å². The molecule has 10 heavy (non-hydrogen) atoms. The maximum absolute atomic E-state index is 5.39. The second kappa shape index (κ2) is 5.69. The van der Waals surface area contributed by atoms with E-state index in [9.17, 15) is 0 Å². The number of rotatable bonds is 5. The third-order valence-corrected chi connectivity index (χ3v) is 2.14. The van der Waals surface area contributed by atoms with Gasteiger partial charge in [-0.3, -0.25) is 11.3 Å². The van der Waals surface area contributed by atoms with Crippen LogP contribution >= 0.6 is 0 Å². The lowest BCUT2D eigenvalue weighted by Crippen LogP contribution is -2.39. The molecule has 0 rings (SSSR count). The molecule has 0 fully saturated rings. The van der Waals surface area contributed by atoms with Crippen LogP contribution in [0.25, 0.3) is 0 Å². The monoisotopic (exact) mass is 144 g/mol. The van der Waals surface area contributed by atoms with Crippen molar-refractivity contribution in [2.24, 2.45) is 11.8 Å². The van der Waals surface area contributed by atoms with E-state index in [1.54, 1.807) is 0 Å². The van der Waals surface area contributed by atoms with Crippen molar-refractivity contribution in [1.82, 2.24) is 5.43 Å². The average molecular weight is 144 g/mol. The molecule has 0 aliphatic carbocycles. The fraction of sp³-hybridized carbons (Fsp3) is 1.00. The fourth-order valence-electron chi connectivity index (χ4n) is 1.13. The van der Waals surface area contributed by atoms with Gasteiger partial charge in [-0.05, 0) is 12.3 Å². The van der Waals surface area contributed by atoms with Gasteiger partial charge < -0.3 is 0 Å². The largest absolute Gasteiger partial charge is 0.271 e. The Morgan fingerprint density at radius 2 is 2.00 bits per heavy atom. The summed E-state index contributed by atoms with van der Waals surface area (Å²) < 4.78 is 0. The molecule has 2 heteroatoms. The van der Waals surface area contributed by atoms with Crippen molar-refractivity contribution in [2.45, 2.75) is 46.1 Å². The number of hydrogen-bond donors (Lipinski definition) is 2. The van der Waals surface area contributed by atoms with E-state index in [0.29, 0.717) is 12.0 Å². The lowest BCUT2D eigenvalue weighted by molar-refractivity contribution is 0.350. The Morgan fingerprint density at radius 1 is 1.40 bits per heavy atom. The Morgan fingerprint density at radius 3 is 2.30 bits per heavy atom. The van der Waals surface area contributed by atoms with Crippen LogP contribution in [-0.4, -0.2) is 6.04 Å². The minimum atomic E-state index is 0.509. The maximum Gasteiger partial charge on any atom is 0.0235 e. The first-order valence-corrected chi connectivity index (χ1v) is 4.22.